The van der Waals surface area contributed by atoms with E-state index in [1.807, 2.05) is 54.2 Å². The molecule has 0 spiro atoms. The van der Waals surface area contributed by atoms with Gasteiger partial charge in [0.25, 0.3) is 0 Å². The summed E-state index contributed by atoms with van der Waals surface area (Å²) in [4.78, 5) is 2.37. The third-order valence-corrected chi connectivity index (χ3v) is 9.09. The molecular formula is C37H36N2O6. The molecule has 0 fully saturated rings. The van der Waals surface area contributed by atoms with Gasteiger partial charge in [0.15, 0.2) is 34.9 Å². The van der Waals surface area contributed by atoms with Gasteiger partial charge in [0, 0.05) is 24.0 Å². The average Bonchev–Trinajstić information content (AvgIpc) is 3.05. The summed E-state index contributed by atoms with van der Waals surface area (Å²) in [7, 11) is 8.90. The molecule has 1 aromatic heterocycles. The lowest BCUT2D eigenvalue weighted by Crippen LogP contribution is -2.33. The molecule has 5 aromatic rings. The fraction of sp³-hybridized carbons (Fsp3) is 0.270. The molecule has 230 valence electrons. The van der Waals surface area contributed by atoms with Gasteiger partial charge in [-0.15, -0.1) is 0 Å². The zero-order chi connectivity index (χ0) is 31.2. The molecule has 0 amide bonds. The lowest BCUT2D eigenvalue weighted by Gasteiger charge is -2.35. The van der Waals surface area contributed by atoms with Crippen LogP contribution in [0.25, 0.3) is 10.8 Å². The topological polar surface area (TPSA) is 76.3 Å². The smallest absolute Gasteiger partial charge is 0.197 e. The van der Waals surface area contributed by atoms with Crippen molar-refractivity contribution in [3.8, 4) is 46.0 Å². The Labute approximate surface area is 262 Å². The zero-order valence-corrected chi connectivity index (χ0v) is 26.2. The molecule has 6 bridgehead atoms. The summed E-state index contributed by atoms with van der Waals surface area (Å²) in [6.07, 6.45) is 4.17. The van der Waals surface area contributed by atoms with Crippen LogP contribution in [-0.4, -0.2) is 39.8 Å². The van der Waals surface area contributed by atoms with E-state index in [2.05, 4.69) is 36.2 Å². The van der Waals surface area contributed by atoms with Gasteiger partial charge in [-0.05, 0) is 90.4 Å². The van der Waals surface area contributed by atoms with E-state index in [-0.39, 0.29) is 23.3 Å². The molecular weight excluding hydrogens is 568 g/mol. The largest absolute Gasteiger partial charge is 0.867 e. The van der Waals surface area contributed by atoms with Crippen LogP contribution in [0.2, 0.25) is 0 Å². The van der Waals surface area contributed by atoms with Crippen molar-refractivity contribution >= 4 is 10.8 Å². The number of rotatable bonds is 3. The molecule has 0 unspecified atom stereocenters. The van der Waals surface area contributed by atoms with E-state index in [1.54, 1.807) is 20.3 Å². The molecule has 0 radical (unpaired) electrons. The number of ether oxygens (including phenoxy) is 5. The lowest BCUT2D eigenvalue weighted by molar-refractivity contribution is -0.677. The number of benzene rings is 4. The molecule has 4 heterocycles. The maximum Gasteiger partial charge on any atom is 0.197 e. The van der Waals surface area contributed by atoms with Crippen molar-refractivity contribution in [2.45, 2.75) is 25.3 Å². The van der Waals surface area contributed by atoms with E-state index in [9.17, 15) is 5.11 Å². The number of fused-ring (bicyclic) bond motifs is 2. The summed E-state index contributed by atoms with van der Waals surface area (Å²) >= 11 is 0. The Kier molecular flexibility index (Phi) is 7.37. The standard InChI is InChI=1S/C37H36N2O6/c1-38-14-12-24-19-31(42-4)33-21-27(24)28(38)16-22-6-9-26(10-7-22)44-32-18-23(8-11-30(32)41-3)17-29-35-25(13-15-39(29)2)20-34(43-5)36(40)37(35)45-33/h6-11,13,15,18-21,28H,12,14,16-17H2,1-5H3/t28-/m0/s1. The summed E-state index contributed by atoms with van der Waals surface area (Å²) in [6, 6.07) is 22.1. The Morgan fingerprint density at radius 2 is 1.56 bits per heavy atom. The Morgan fingerprint density at radius 1 is 0.822 bits per heavy atom. The first kappa shape index (κ1) is 28.8. The molecule has 8 nitrogen and oxygen atoms in total. The van der Waals surface area contributed by atoms with Gasteiger partial charge in [-0.2, -0.15) is 0 Å². The van der Waals surface area contributed by atoms with Crippen LogP contribution in [0.15, 0.2) is 72.9 Å². The first-order chi connectivity index (χ1) is 21.9. The Balaban J connectivity index is 1.50. The molecule has 3 aliphatic heterocycles. The second-order valence-corrected chi connectivity index (χ2v) is 11.7. The minimum absolute atomic E-state index is 0.103. The monoisotopic (exact) mass is 604 g/mol. The fourth-order valence-corrected chi connectivity index (χ4v) is 6.58. The Hall–Kier alpha value is -4.95. The van der Waals surface area contributed by atoms with Gasteiger partial charge in [-0.3, -0.25) is 4.90 Å². The minimum Gasteiger partial charge on any atom is -0.867 e. The molecule has 0 N–H and O–H groups in total. The van der Waals surface area contributed by atoms with Gasteiger partial charge in [-0.25, -0.2) is 4.57 Å². The number of nitrogens with zero attached hydrogens (tertiary/aromatic N) is 2. The van der Waals surface area contributed by atoms with E-state index >= 15 is 0 Å². The molecule has 1 atom stereocenters. The SMILES string of the molecule is COc1ccc2cc1Oc1ccc(cc1)C[C@H]1c3cc(c(OC)cc3CCN1C)Oc1c([O-])c(OC)cc3cc[n+](C)c(c13)C2. The van der Waals surface area contributed by atoms with E-state index in [1.165, 1.54) is 18.2 Å². The van der Waals surface area contributed by atoms with E-state index in [0.29, 0.717) is 34.8 Å². The number of aryl methyl sites for hydroxylation is 1. The van der Waals surface area contributed by atoms with Crippen molar-refractivity contribution in [3.05, 3.63) is 101 Å². The Bertz CT molecular complexity index is 1920. The number of methoxy groups -OCH3 is 3. The highest BCUT2D eigenvalue weighted by atomic mass is 16.5. The zero-order valence-electron chi connectivity index (χ0n) is 26.2. The predicted molar refractivity (Wildman–Crippen MR) is 169 cm³/mol. The molecule has 8 heteroatoms. The lowest BCUT2D eigenvalue weighted by atomic mass is 9.88. The molecule has 0 saturated heterocycles. The van der Waals surface area contributed by atoms with Crippen molar-refractivity contribution in [2.75, 3.05) is 34.9 Å². The normalized spacial score (nSPS) is 15.9. The van der Waals surface area contributed by atoms with E-state index in [4.69, 9.17) is 23.7 Å². The van der Waals surface area contributed by atoms with Crippen molar-refractivity contribution in [3.63, 3.8) is 0 Å². The number of pyridine rings is 1. The van der Waals surface area contributed by atoms with Crippen LogP contribution in [0, 0.1) is 0 Å². The van der Waals surface area contributed by atoms with Gasteiger partial charge in [0.1, 0.15) is 24.3 Å². The van der Waals surface area contributed by atoms with Crippen molar-refractivity contribution < 1.29 is 33.4 Å². The van der Waals surface area contributed by atoms with Crippen molar-refractivity contribution in [1.82, 2.24) is 4.90 Å². The van der Waals surface area contributed by atoms with Gasteiger partial charge in [0.2, 0.25) is 0 Å². The van der Waals surface area contributed by atoms with Crippen LogP contribution in [-0.2, 0) is 26.3 Å². The molecule has 0 saturated carbocycles. The molecule has 4 aromatic carbocycles. The van der Waals surface area contributed by atoms with Crippen molar-refractivity contribution in [2.24, 2.45) is 7.05 Å². The van der Waals surface area contributed by atoms with Gasteiger partial charge in [0.05, 0.1) is 33.1 Å². The van der Waals surface area contributed by atoms with Crippen LogP contribution >= 0.6 is 0 Å². The second-order valence-electron chi connectivity index (χ2n) is 11.7. The highest BCUT2D eigenvalue weighted by molar-refractivity contribution is 5.94. The van der Waals surface area contributed by atoms with E-state index < -0.39 is 0 Å². The summed E-state index contributed by atoms with van der Waals surface area (Å²) in [5.41, 5.74) is 5.44. The Morgan fingerprint density at radius 3 is 2.31 bits per heavy atom. The highest BCUT2D eigenvalue weighted by Gasteiger charge is 2.29. The number of hydrogen-bond donors (Lipinski definition) is 0. The quantitative estimate of drug-likeness (QED) is 0.233. The number of likely N-dealkylation sites (N-methyl/N-ethyl adjacent to an activating group) is 1. The third kappa shape index (κ3) is 5.15. The molecule has 8 rings (SSSR count). The van der Waals surface area contributed by atoms with Crippen molar-refractivity contribution in [1.29, 1.82) is 0 Å². The maximum absolute atomic E-state index is 14.0. The van der Waals surface area contributed by atoms with Gasteiger partial charge in [-0.1, -0.05) is 18.2 Å². The predicted octanol–water partition coefficient (Wildman–Crippen LogP) is 6.02. The number of aromatic nitrogens is 1. The first-order valence-corrected chi connectivity index (χ1v) is 15.1. The summed E-state index contributed by atoms with van der Waals surface area (Å²) in [5, 5.41) is 15.5. The van der Waals surface area contributed by atoms with Crippen LogP contribution in [0.5, 0.6) is 46.0 Å². The van der Waals surface area contributed by atoms with E-state index in [0.717, 1.165) is 47.3 Å². The van der Waals surface area contributed by atoms with Gasteiger partial charge < -0.3 is 28.8 Å². The second kappa shape index (κ2) is 11.5. The first-order valence-electron chi connectivity index (χ1n) is 15.1. The molecule has 45 heavy (non-hydrogen) atoms. The maximum atomic E-state index is 14.0. The molecule has 3 aliphatic rings. The summed E-state index contributed by atoms with van der Waals surface area (Å²) in [5.74, 6) is 3.17. The van der Waals surface area contributed by atoms with Crippen LogP contribution < -0.4 is 33.4 Å². The number of hydrogen-bond acceptors (Lipinski definition) is 7. The van der Waals surface area contributed by atoms with Crippen LogP contribution in [0.4, 0.5) is 0 Å². The summed E-state index contributed by atoms with van der Waals surface area (Å²) < 4.78 is 32.2. The minimum atomic E-state index is -0.321. The van der Waals surface area contributed by atoms with Crippen LogP contribution in [0.1, 0.15) is 34.0 Å². The third-order valence-electron chi connectivity index (χ3n) is 9.09. The van der Waals surface area contributed by atoms with Crippen LogP contribution in [0.3, 0.4) is 0 Å². The fourth-order valence-electron chi connectivity index (χ4n) is 6.58. The van der Waals surface area contributed by atoms with Gasteiger partial charge >= 0.3 is 0 Å². The average molecular weight is 605 g/mol. The molecule has 0 aliphatic carbocycles. The highest BCUT2D eigenvalue weighted by Crippen LogP contribution is 2.48. The summed E-state index contributed by atoms with van der Waals surface area (Å²) in [6.45, 7) is 0.920.